The number of hydrogen-bond acceptors (Lipinski definition) is 1. The predicted octanol–water partition coefficient (Wildman–Crippen LogP) is 3.97. The molecule has 0 aromatic heterocycles. The molecule has 0 unspecified atom stereocenters. The molecule has 2 nitrogen and oxygen atoms in total. The first-order valence-corrected chi connectivity index (χ1v) is 6.09. The van der Waals surface area contributed by atoms with Crippen molar-refractivity contribution in [2.45, 2.75) is 32.2 Å². The number of hydrogen-bond donors (Lipinski definition) is 1. The van der Waals surface area contributed by atoms with Crippen molar-refractivity contribution in [2.24, 2.45) is 0 Å². The van der Waals surface area contributed by atoms with Crippen LogP contribution < -0.4 is 5.32 Å². The van der Waals surface area contributed by atoms with Gasteiger partial charge in [-0.3, -0.25) is 4.79 Å². The Bertz CT molecular complexity index is 355. The van der Waals surface area contributed by atoms with Crippen LogP contribution in [0.5, 0.6) is 0 Å². The van der Waals surface area contributed by atoms with Crippen LogP contribution in [-0.2, 0) is 4.79 Å². The third kappa shape index (κ3) is 3.69. The maximum absolute atomic E-state index is 10.5. The maximum atomic E-state index is 10.5. The average molecular weight is 260 g/mol. The van der Waals surface area contributed by atoms with Gasteiger partial charge in [0.25, 0.3) is 0 Å². The van der Waals surface area contributed by atoms with E-state index in [4.69, 9.17) is 23.2 Å². The summed E-state index contributed by atoms with van der Waals surface area (Å²) in [4.78, 5) is 10.5. The molecule has 0 heterocycles. The van der Waals surface area contributed by atoms with Gasteiger partial charge in [-0.2, -0.15) is 0 Å². The number of halogens is 2. The molecular weight excluding hydrogens is 245 g/mol. The Morgan fingerprint density at radius 3 is 2.75 bits per heavy atom. The largest absolute Gasteiger partial charge is 0.352 e. The maximum Gasteiger partial charge on any atom is 0.207 e. The molecule has 1 aromatic rings. The normalized spacial score (nSPS) is 12.2. The molecule has 4 heteroatoms. The van der Waals surface area contributed by atoms with E-state index in [1.165, 1.54) is 0 Å². The molecule has 1 atom stereocenters. The first kappa shape index (κ1) is 13.3. The van der Waals surface area contributed by atoms with Crippen molar-refractivity contribution in [1.82, 2.24) is 5.32 Å². The summed E-state index contributed by atoms with van der Waals surface area (Å²) in [6, 6.07) is 5.32. The molecule has 16 heavy (non-hydrogen) atoms. The number of carbonyl (C=O) groups is 1. The molecule has 1 aromatic carbocycles. The zero-order valence-corrected chi connectivity index (χ0v) is 10.7. The van der Waals surface area contributed by atoms with Gasteiger partial charge in [-0.15, -0.1) is 0 Å². The number of amides is 1. The summed E-state index contributed by atoms with van der Waals surface area (Å²) in [5.74, 6) is 0. The first-order valence-electron chi connectivity index (χ1n) is 5.33. The molecule has 0 saturated heterocycles. The fourth-order valence-electron chi connectivity index (χ4n) is 1.60. The molecule has 1 rings (SSSR count). The van der Waals surface area contributed by atoms with E-state index in [-0.39, 0.29) is 6.04 Å². The number of rotatable bonds is 6. The molecular formula is C12H15Cl2NO. The molecule has 0 aliphatic carbocycles. The van der Waals surface area contributed by atoms with E-state index >= 15 is 0 Å². The van der Waals surface area contributed by atoms with Gasteiger partial charge in [0, 0.05) is 10.0 Å². The minimum atomic E-state index is -0.0257. The van der Waals surface area contributed by atoms with Gasteiger partial charge in [0.2, 0.25) is 6.41 Å². The molecule has 0 aliphatic heterocycles. The highest BCUT2D eigenvalue weighted by Crippen LogP contribution is 2.28. The molecule has 0 bridgehead atoms. The highest BCUT2D eigenvalue weighted by atomic mass is 35.5. The standard InChI is InChI=1S/C12H15Cl2NO/c1-2-3-4-12(15-8-16)10-6-5-9(13)7-11(10)14/h5-8,12H,2-4H2,1H3,(H,15,16)/t12-/m0/s1. The van der Waals surface area contributed by atoms with Crippen molar-refractivity contribution in [2.75, 3.05) is 0 Å². The van der Waals surface area contributed by atoms with E-state index in [9.17, 15) is 4.79 Å². The van der Waals surface area contributed by atoms with Crippen LogP contribution >= 0.6 is 23.2 Å². The van der Waals surface area contributed by atoms with Crippen LogP contribution in [0.4, 0.5) is 0 Å². The van der Waals surface area contributed by atoms with Gasteiger partial charge >= 0.3 is 0 Å². The highest BCUT2D eigenvalue weighted by molar-refractivity contribution is 6.35. The number of benzene rings is 1. The lowest BCUT2D eigenvalue weighted by atomic mass is 10.0. The van der Waals surface area contributed by atoms with Gasteiger partial charge in [0.05, 0.1) is 6.04 Å². The van der Waals surface area contributed by atoms with Gasteiger partial charge in [-0.25, -0.2) is 0 Å². The fourth-order valence-corrected chi connectivity index (χ4v) is 2.14. The zero-order chi connectivity index (χ0) is 12.0. The van der Waals surface area contributed by atoms with Crippen molar-refractivity contribution in [3.05, 3.63) is 33.8 Å². The van der Waals surface area contributed by atoms with Crippen LogP contribution in [0.3, 0.4) is 0 Å². The molecule has 1 N–H and O–H groups in total. The van der Waals surface area contributed by atoms with E-state index in [1.807, 2.05) is 6.07 Å². The van der Waals surface area contributed by atoms with E-state index in [0.717, 1.165) is 24.8 Å². The van der Waals surface area contributed by atoms with Crippen molar-refractivity contribution in [1.29, 1.82) is 0 Å². The summed E-state index contributed by atoms with van der Waals surface area (Å²) in [7, 11) is 0. The minimum absolute atomic E-state index is 0.0257. The second kappa shape index (κ2) is 6.77. The van der Waals surface area contributed by atoms with Gasteiger partial charge in [-0.1, -0.05) is 49.0 Å². The van der Waals surface area contributed by atoms with Crippen LogP contribution in [-0.4, -0.2) is 6.41 Å². The lowest BCUT2D eigenvalue weighted by Crippen LogP contribution is -2.19. The lowest BCUT2D eigenvalue weighted by Gasteiger charge is -2.17. The van der Waals surface area contributed by atoms with Crippen molar-refractivity contribution in [3.8, 4) is 0 Å². The topological polar surface area (TPSA) is 29.1 Å². The van der Waals surface area contributed by atoms with Crippen LogP contribution in [0.15, 0.2) is 18.2 Å². The highest BCUT2D eigenvalue weighted by Gasteiger charge is 2.13. The molecule has 0 fully saturated rings. The van der Waals surface area contributed by atoms with Crippen LogP contribution in [0.2, 0.25) is 10.0 Å². The van der Waals surface area contributed by atoms with Gasteiger partial charge in [-0.05, 0) is 24.1 Å². The summed E-state index contributed by atoms with van der Waals surface area (Å²) < 4.78 is 0. The summed E-state index contributed by atoms with van der Waals surface area (Å²) in [6.45, 7) is 2.11. The Kier molecular flexibility index (Phi) is 5.64. The van der Waals surface area contributed by atoms with Crippen molar-refractivity contribution in [3.63, 3.8) is 0 Å². The number of unbranched alkanes of at least 4 members (excludes halogenated alkanes) is 1. The summed E-state index contributed by atoms with van der Waals surface area (Å²) in [6.07, 6.45) is 3.73. The van der Waals surface area contributed by atoms with Crippen molar-refractivity contribution >= 4 is 29.6 Å². The Morgan fingerprint density at radius 2 is 2.19 bits per heavy atom. The minimum Gasteiger partial charge on any atom is -0.352 e. The predicted molar refractivity (Wildman–Crippen MR) is 67.9 cm³/mol. The van der Waals surface area contributed by atoms with Crippen LogP contribution in [0.25, 0.3) is 0 Å². The molecule has 0 radical (unpaired) electrons. The quantitative estimate of drug-likeness (QED) is 0.770. The Balaban J connectivity index is 2.86. The SMILES string of the molecule is CCCC[C@H](NC=O)c1ccc(Cl)cc1Cl. The van der Waals surface area contributed by atoms with Crippen LogP contribution in [0, 0.1) is 0 Å². The average Bonchev–Trinajstić information content (AvgIpc) is 2.25. The van der Waals surface area contributed by atoms with Crippen molar-refractivity contribution < 1.29 is 4.79 Å². The lowest BCUT2D eigenvalue weighted by molar-refractivity contribution is -0.110. The number of carbonyl (C=O) groups excluding carboxylic acids is 1. The summed E-state index contributed by atoms with van der Waals surface area (Å²) in [5, 5.41) is 3.99. The molecule has 1 amide bonds. The van der Waals surface area contributed by atoms with Crippen LogP contribution in [0.1, 0.15) is 37.8 Å². The summed E-state index contributed by atoms with van der Waals surface area (Å²) in [5.41, 5.74) is 0.923. The zero-order valence-electron chi connectivity index (χ0n) is 9.17. The van der Waals surface area contributed by atoms with Gasteiger partial charge < -0.3 is 5.32 Å². The summed E-state index contributed by atoms with van der Waals surface area (Å²) >= 11 is 11.9. The molecule has 0 spiro atoms. The third-order valence-corrected chi connectivity index (χ3v) is 3.02. The monoisotopic (exact) mass is 259 g/mol. The molecule has 0 aliphatic rings. The first-order chi connectivity index (χ1) is 7.69. The van der Waals surface area contributed by atoms with E-state index in [0.29, 0.717) is 16.5 Å². The molecule has 0 saturated carbocycles. The Hall–Kier alpha value is -0.730. The Labute approximate surface area is 106 Å². The second-order valence-electron chi connectivity index (χ2n) is 3.65. The fraction of sp³-hybridized carbons (Fsp3) is 0.417. The smallest absolute Gasteiger partial charge is 0.207 e. The molecule has 88 valence electrons. The third-order valence-electron chi connectivity index (χ3n) is 2.45. The second-order valence-corrected chi connectivity index (χ2v) is 4.49. The van der Waals surface area contributed by atoms with Gasteiger partial charge in [0.15, 0.2) is 0 Å². The van der Waals surface area contributed by atoms with E-state index in [1.54, 1.807) is 12.1 Å². The van der Waals surface area contributed by atoms with E-state index in [2.05, 4.69) is 12.2 Å². The van der Waals surface area contributed by atoms with E-state index < -0.39 is 0 Å². The number of nitrogens with one attached hydrogen (secondary N) is 1. The van der Waals surface area contributed by atoms with Gasteiger partial charge in [0.1, 0.15) is 0 Å². The Morgan fingerprint density at radius 1 is 1.44 bits per heavy atom.